The van der Waals surface area contributed by atoms with Crippen molar-refractivity contribution in [3.8, 4) is 5.75 Å². The van der Waals surface area contributed by atoms with Gasteiger partial charge in [-0.3, -0.25) is 14.5 Å². The molecule has 1 aliphatic heterocycles. The molecule has 0 aliphatic carbocycles. The Kier molecular flexibility index (Phi) is 7.29. The van der Waals surface area contributed by atoms with Gasteiger partial charge in [0.25, 0.3) is 0 Å². The Morgan fingerprint density at radius 3 is 2.90 bits per heavy atom. The van der Waals surface area contributed by atoms with Crippen LogP contribution < -0.4 is 15.0 Å². The maximum Gasteiger partial charge on any atom is 0.246 e. The van der Waals surface area contributed by atoms with E-state index < -0.39 is 6.10 Å². The second-order valence-electron chi connectivity index (χ2n) is 7.32. The number of hydrogen-bond donors (Lipinski definition) is 2. The first-order valence-electron chi connectivity index (χ1n) is 10.2. The molecule has 9 heteroatoms. The molecule has 0 bridgehead atoms. The lowest BCUT2D eigenvalue weighted by molar-refractivity contribution is -0.120. The highest BCUT2D eigenvalue weighted by Crippen LogP contribution is 2.16. The van der Waals surface area contributed by atoms with Crippen LogP contribution in [-0.4, -0.2) is 77.1 Å². The van der Waals surface area contributed by atoms with Crippen LogP contribution in [0, 0.1) is 6.92 Å². The normalized spacial score (nSPS) is 16.0. The number of anilines is 1. The average Bonchev–Trinajstić information content (AvgIpc) is 3.15. The van der Waals surface area contributed by atoms with Crippen molar-refractivity contribution < 1.29 is 14.6 Å². The summed E-state index contributed by atoms with van der Waals surface area (Å²) in [6, 6.07) is 7.69. The minimum Gasteiger partial charge on any atom is -0.491 e. The molecule has 0 spiro atoms. The van der Waals surface area contributed by atoms with Crippen LogP contribution in [0.3, 0.4) is 0 Å². The third kappa shape index (κ3) is 5.73. The molecule has 1 amide bonds. The van der Waals surface area contributed by atoms with Crippen molar-refractivity contribution in [1.82, 2.24) is 20.0 Å². The zero-order chi connectivity index (χ0) is 21.5. The second kappa shape index (κ2) is 10.1. The van der Waals surface area contributed by atoms with E-state index in [0.29, 0.717) is 25.6 Å². The Hall–Kier alpha value is -3.07. The molecule has 162 valence electrons. The number of ether oxygens (including phenoxy) is 1. The van der Waals surface area contributed by atoms with Crippen molar-refractivity contribution in [3.05, 3.63) is 42.2 Å². The standard InChI is InChI=1S/C21H30N6O3/c1-4-22-21(23-12-18(28)15-30-19-7-5-6-16(2)10-19)26-8-9-27(20(29)14-26)17-11-24-25(3)13-17/h5-7,10-11,13,18,28H,4,8-9,12,14-15H2,1-3H3,(H,22,23). The van der Waals surface area contributed by atoms with Crippen LogP contribution in [0.1, 0.15) is 12.5 Å². The van der Waals surface area contributed by atoms with Gasteiger partial charge in [-0.25, -0.2) is 0 Å². The Morgan fingerprint density at radius 2 is 2.23 bits per heavy atom. The van der Waals surface area contributed by atoms with Gasteiger partial charge in [0.1, 0.15) is 25.0 Å². The van der Waals surface area contributed by atoms with Gasteiger partial charge < -0.3 is 25.0 Å². The number of rotatable bonds is 7. The first-order valence-corrected chi connectivity index (χ1v) is 10.2. The number of hydrogen-bond acceptors (Lipinski definition) is 5. The quantitative estimate of drug-likeness (QED) is 0.514. The Bertz CT molecular complexity index is 881. The Balaban J connectivity index is 1.55. The molecule has 1 unspecified atom stereocenters. The number of carbonyl (C=O) groups excluding carboxylic acids is 1. The van der Waals surface area contributed by atoms with Gasteiger partial charge in [0.2, 0.25) is 5.91 Å². The molecule has 0 radical (unpaired) electrons. The molecule has 1 aromatic carbocycles. The van der Waals surface area contributed by atoms with Crippen LogP contribution in [0.25, 0.3) is 0 Å². The summed E-state index contributed by atoms with van der Waals surface area (Å²) < 4.78 is 7.33. The van der Waals surface area contributed by atoms with Gasteiger partial charge in [0.05, 0.1) is 18.4 Å². The largest absolute Gasteiger partial charge is 0.491 e. The molecular formula is C21H30N6O3. The average molecular weight is 415 g/mol. The van der Waals surface area contributed by atoms with Crippen molar-refractivity contribution in [2.75, 3.05) is 44.2 Å². The van der Waals surface area contributed by atoms with Crippen LogP contribution in [0.15, 0.2) is 41.7 Å². The number of aliphatic hydroxyl groups excluding tert-OH is 1. The van der Waals surface area contributed by atoms with Gasteiger partial charge in [-0.15, -0.1) is 0 Å². The maximum atomic E-state index is 12.6. The fraction of sp³-hybridized carbons (Fsp3) is 0.476. The number of guanidine groups is 1. The Labute approximate surface area is 177 Å². The van der Waals surface area contributed by atoms with E-state index in [4.69, 9.17) is 4.74 Å². The summed E-state index contributed by atoms with van der Waals surface area (Å²) in [4.78, 5) is 20.8. The first kappa shape index (κ1) is 21.6. The highest BCUT2D eigenvalue weighted by atomic mass is 16.5. The van der Waals surface area contributed by atoms with E-state index >= 15 is 0 Å². The third-order valence-electron chi connectivity index (χ3n) is 4.74. The number of carbonyl (C=O) groups is 1. The van der Waals surface area contributed by atoms with Gasteiger partial charge in [0, 0.05) is 32.9 Å². The van der Waals surface area contributed by atoms with Crippen LogP contribution in [0.2, 0.25) is 0 Å². The topological polar surface area (TPSA) is 95.2 Å². The minimum absolute atomic E-state index is 0.0109. The highest BCUT2D eigenvalue weighted by molar-refractivity contribution is 5.98. The molecule has 30 heavy (non-hydrogen) atoms. The highest BCUT2D eigenvalue weighted by Gasteiger charge is 2.27. The van der Waals surface area contributed by atoms with Crippen molar-refractivity contribution in [3.63, 3.8) is 0 Å². The molecule has 1 aliphatic rings. The van der Waals surface area contributed by atoms with Crippen molar-refractivity contribution in [1.29, 1.82) is 0 Å². The third-order valence-corrected chi connectivity index (χ3v) is 4.74. The van der Waals surface area contributed by atoms with Crippen LogP contribution in [0.5, 0.6) is 5.75 Å². The zero-order valence-corrected chi connectivity index (χ0v) is 17.8. The Morgan fingerprint density at radius 1 is 1.40 bits per heavy atom. The summed E-state index contributed by atoms with van der Waals surface area (Å²) in [7, 11) is 1.83. The minimum atomic E-state index is -0.744. The van der Waals surface area contributed by atoms with E-state index in [-0.39, 0.29) is 25.6 Å². The number of aryl methyl sites for hydroxylation is 2. The van der Waals surface area contributed by atoms with Crippen LogP contribution >= 0.6 is 0 Å². The predicted molar refractivity (Wildman–Crippen MR) is 116 cm³/mol. The second-order valence-corrected chi connectivity index (χ2v) is 7.32. The van der Waals surface area contributed by atoms with Gasteiger partial charge in [-0.2, -0.15) is 5.10 Å². The summed E-state index contributed by atoms with van der Waals surface area (Å²) in [5.74, 6) is 1.33. The number of amides is 1. The van der Waals surface area contributed by atoms with Crippen LogP contribution in [0.4, 0.5) is 5.69 Å². The molecule has 1 atom stereocenters. The number of piperazine rings is 1. The van der Waals surface area contributed by atoms with Gasteiger partial charge in [0.15, 0.2) is 5.96 Å². The van der Waals surface area contributed by atoms with E-state index in [1.807, 2.05) is 56.3 Å². The molecular weight excluding hydrogens is 384 g/mol. The number of nitrogens with one attached hydrogen (secondary N) is 1. The number of nitrogens with zero attached hydrogens (tertiary/aromatic N) is 5. The molecule has 1 aromatic heterocycles. The number of benzene rings is 1. The van der Waals surface area contributed by atoms with E-state index in [2.05, 4.69) is 15.4 Å². The summed E-state index contributed by atoms with van der Waals surface area (Å²) >= 11 is 0. The number of aliphatic hydroxyl groups is 1. The van der Waals surface area contributed by atoms with E-state index in [1.165, 1.54) is 0 Å². The zero-order valence-electron chi connectivity index (χ0n) is 17.8. The molecule has 0 saturated carbocycles. The summed E-state index contributed by atoms with van der Waals surface area (Å²) in [5, 5.41) is 17.6. The summed E-state index contributed by atoms with van der Waals surface area (Å²) in [6.45, 7) is 6.38. The first-order chi connectivity index (χ1) is 14.5. The molecule has 2 heterocycles. The predicted octanol–water partition coefficient (Wildman–Crippen LogP) is 0.783. The molecule has 1 fully saturated rings. The van der Waals surface area contributed by atoms with Crippen molar-refractivity contribution in [2.45, 2.75) is 20.0 Å². The smallest absolute Gasteiger partial charge is 0.246 e. The fourth-order valence-electron chi connectivity index (χ4n) is 3.24. The van der Waals surface area contributed by atoms with E-state index in [0.717, 1.165) is 17.0 Å². The van der Waals surface area contributed by atoms with E-state index in [9.17, 15) is 9.90 Å². The molecule has 9 nitrogen and oxygen atoms in total. The lowest BCUT2D eigenvalue weighted by atomic mass is 10.2. The SMILES string of the molecule is CCNC(=NCC(O)COc1cccc(C)c1)N1CCN(c2cnn(C)c2)C(=O)C1. The number of aliphatic imine (C=N–C) groups is 1. The van der Waals surface area contributed by atoms with Gasteiger partial charge >= 0.3 is 0 Å². The number of aromatic nitrogens is 2. The monoisotopic (exact) mass is 414 g/mol. The molecule has 2 N–H and O–H groups in total. The molecule has 3 rings (SSSR count). The lowest BCUT2D eigenvalue weighted by Crippen LogP contribution is -2.55. The molecule has 1 saturated heterocycles. The molecule has 2 aromatic rings. The fourth-order valence-corrected chi connectivity index (χ4v) is 3.24. The van der Waals surface area contributed by atoms with Crippen molar-refractivity contribution >= 4 is 17.6 Å². The van der Waals surface area contributed by atoms with Crippen molar-refractivity contribution in [2.24, 2.45) is 12.0 Å². The maximum absolute atomic E-state index is 12.6. The van der Waals surface area contributed by atoms with Gasteiger partial charge in [-0.1, -0.05) is 12.1 Å². The van der Waals surface area contributed by atoms with Gasteiger partial charge in [-0.05, 0) is 31.5 Å². The lowest BCUT2D eigenvalue weighted by Gasteiger charge is -2.35. The van der Waals surface area contributed by atoms with E-state index in [1.54, 1.807) is 15.8 Å². The van der Waals surface area contributed by atoms with Crippen LogP contribution in [-0.2, 0) is 11.8 Å². The summed E-state index contributed by atoms with van der Waals surface area (Å²) in [5.41, 5.74) is 1.90. The summed E-state index contributed by atoms with van der Waals surface area (Å²) in [6.07, 6.45) is 2.78.